The van der Waals surface area contributed by atoms with E-state index in [-0.39, 0.29) is 11.8 Å². The van der Waals surface area contributed by atoms with E-state index in [0.29, 0.717) is 30.3 Å². The zero-order valence-corrected chi connectivity index (χ0v) is 14.6. The summed E-state index contributed by atoms with van der Waals surface area (Å²) in [4.78, 5) is 14.2. The number of hydrogen-bond donors (Lipinski definition) is 2. The monoisotopic (exact) mass is 323 g/mol. The largest absolute Gasteiger partial charge is 0.493 e. The molecule has 0 saturated carbocycles. The van der Waals surface area contributed by atoms with Gasteiger partial charge in [0.15, 0.2) is 11.5 Å². The van der Waals surface area contributed by atoms with Gasteiger partial charge in [0, 0.05) is 30.8 Å². The van der Waals surface area contributed by atoms with Gasteiger partial charge in [0.25, 0.3) is 0 Å². The van der Waals surface area contributed by atoms with E-state index in [1.165, 1.54) is 0 Å². The number of ether oxygens (including phenoxy) is 2. The fourth-order valence-corrected chi connectivity index (χ4v) is 2.06. The number of nitrogens with one attached hydrogen (secondary N) is 1. The fourth-order valence-electron chi connectivity index (χ4n) is 2.06. The number of nitrogens with zero attached hydrogens (tertiary/aromatic N) is 1. The first-order valence-electron chi connectivity index (χ1n) is 8.09. The first-order valence-corrected chi connectivity index (χ1v) is 8.09. The molecule has 0 fully saturated rings. The molecule has 0 aliphatic carbocycles. The van der Waals surface area contributed by atoms with Crippen molar-refractivity contribution in [3.05, 3.63) is 18.2 Å². The zero-order chi connectivity index (χ0) is 17.2. The molecule has 3 N–H and O–H groups in total. The molecule has 0 aliphatic rings. The molecule has 23 heavy (non-hydrogen) atoms. The van der Waals surface area contributed by atoms with Gasteiger partial charge in [-0.1, -0.05) is 20.8 Å². The summed E-state index contributed by atoms with van der Waals surface area (Å²) >= 11 is 0. The second kappa shape index (κ2) is 10.1. The number of likely N-dealkylation sites (N-methyl/N-ethyl adjacent to an activating group) is 1. The number of amides is 1. The number of rotatable bonds is 10. The Balaban J connectivity index is 2.73. The van der Waals surface area contributed by atoms with Crippen LogP contribution in [0.5, 0.6) is 11.5 Å². The Labute approximate surface area is 138 Å². The zero-order valence-electron chi connectivity index (χ0n) is 14.6. The molecule has 6 nitrogen and oxygen atoms in total. The van der Waals surface area contributed by atoms with Crippen LogP contribution < -0.4 is 20.5 Å². The maximum Gasteiger partial charge on any atom is 0.228 e. The normalized spacial score (nSPS) is 12.1. The third-order valence-corrected chi connectivity index (χ3v) is 3.79. The van der Waals surface area contributed by atoms with Gasteiger partial charge in [-0.15, -0.1) is 0 Å². The van der Waals surface area contributed by atoms with Crippen LogP contribution in [0.2, 0.25) is 0 Å². The highest BCUT2D eigenvalue weighted by molar-refractivity contribution is 5.92. The lowest BCUT2D eigenvalue weighted by atomic mass is 10.1. The lowest BCUT2D eigenvalue weighted by Crippen LogP contribution is -2.28. The van der Waals surface area contributed by atoms with Crippen molar-refractivity contribution < 1.29 is 14.3 Å². The minimum absolute atomic E-state index is 0.105. The molecular weight excluding hydrogens is 294 g/mol. The van der Waals surface area contributed by atoms with Crippen LogP contribution in [-0.4, -0.2) is 50.7 Å². The van der Waals surface area contributed by atoms with E-state index in [2.05, 4.69) is 24.1 Å². The average Bonchev–Trinajstić information content (AvgIpc) is 2.58. The van der Waals surface area contributed by atoms with Crippen LogP contribution in [0.3, 0.4) is 0 Å². The Morgan fingerprint density at radius 1 is 1.30 bits per heavy atom. The third kappa shape index (κ3) is 6.08. The molecule has 0 spiro atoms. The van der Waals surface area contributed by atoms with Crippen molar-refractivity contribution in [1.82, 2.24) is 4.90 Å². The van der Waals surface area contributed by atoms with Crippen LogP contribution in [0.4, 0.5) is 5.69 Å². The molecule has 0 bridgehead atoms. The summed E-state index contributed by atoms with van der Waals surface area (Å²) in [6, 6.07) is 5.36. The Bertz CT molecular complexity index is 490. The summed E-state index contributed by atoms with van der Waals surface area (Å²) in [5, 5.41) is 2.84. The summed E-state index contributed by atoms with van der Waals surface area (Å²) in [7, 11) is 1.60. The minimum atomic E-state index is -0.232. The lowest BCUT2D eigenvalue weighted by molar-refractivity contribution is -0.119. The van der Waals surface area contributed by atoms with Gasteiger partial charge < -0.3 is 25.4 Å². The SMILES string of the molecule is CCN(CC)CCOc1cc(NC(=O)C(C)CN)ccc1OC. The number of methoxy groups -OCH3 is 1. The predicted octanol–water partition coefficient (Wildman–Crippen LogP) is 1.95. The molecule has 1 atom stereocenters. The van der Waals surface area contributed by atoms with Crippen LogP contribution in [0.25, 0.3) is 0 Å². The predicted molar refractivity (Wildman–Crippen MR) is 93.1 cm³/mol. The molecule has 0 aromatic heterocycles. The second-order valence-electron chi connectivity index (χ2n) is 5.37. The van der Waals surface area contributed by atoms with E-state index in [0.717, 1.165) is 19.6 Å². The topological polar surface area (TPSA) is 76.8 Å². The summed E-state index contributed by atoms with van der Waals surface area (Å²) in [5.74, 6) is 0.933. The van der Waals surface area contributed by atoms with Crippen LogP contribution in [-0.2, 0) is 4.79 Å². The van der Waals surface area contributed by atoms with E-state index in [1.807, 2.05) is 0 Å². The highest BCUT2D eigenvalue weighted by atomic mass is 16.5. The van der Waals surface area contributed by atoms with Crippen molar-refractivity contribution in [1.29, 1.82) is 0 Å². The fraction of sp³-hybridized carbons (Fsp3) is 0.588. The van der Waals surface area contributed by atoms with Crippen molar-refractivity contribution in [2.45, 2.75) is 20.8 Å². The lowest BCUT2D eigenvalue weighted by Gasteiger charge is -2.19. The number of nitrogens with two attached hydrogens (primary N) is 1. The molecule has 0 aliphatic heterocycles. The summed E-state index contributed by atoms with van der Waals surface area (Å²) in [6.45, 7) is 9.74. The van der Waals surface area contributed by atoms with Crippen molar-refractivity contribution in [2.24, 2.45) is 11.7 Å². The number of carbonyl (C=O) groups is 1. The van der Waals surface area contributed by atoms with Gasteiger partial charge in [-0.25, -0.2) is 0 Å². The minimum Gasteiger partial charge on any atom is -0.493 e. The van der Waals surface area contributed by atoms with Crippen LogP contribution in [0, 0.1) is 5.92 Å². The number of hydrogen-bond acceptors (Lipinski definition) is 5. The average molecular weight is 323 g/mol. The van der Waals surface area contributed by atoms with E-state index in [4.69, 9.17) is 15.2 Å². The summed E-state index contributed by atoms with van der Waals surface area (Å²) in [6.07, 6.45) is 0. The van der Waals surface area contributed by atoms with E-state index in [9.17, 15) is 4.79 Å². The summed E-state index contributed by atoms with van der Waals surface area (Å²) in [5.41, 5.74) is 6.19. The maximum absolute atomic E-state index is 11.9. The standard InChI is InChI=1S/C17H29N3O3/c1-5-20(6-2)9-10-23-16-11-14(7-8-15(16)22-4)19-17(21)13(3)12-18/h7-8,11,13H,5-6,9-10,12,18H2,1-4H3,(H,19,21). The molecular formula is C17H29N3O3. The highest BCUT2D eigenvalue weighted by Crippen LogP contribution is 2.30. The van der Waals surface area contributed by atoms with E-state index in [1.54, 1.807) is 32.2 Å². The molecule has 130 valence electrons. The first kappa shape index (κ1) is 19.3. The van der Waals surface area contributed by atoms with Gasteiger partial charge in [0.2, 0.25) is 5.91 Å². The van der Waals surface area contributed by atoms with Crippen molar-refractivity contribution in [3.8, 4) is 11.5 Å². The molecule has 0 saturated heterocycles. The number of carbonyl (C=O) groups excluding carboxylic acids is 1. The molecule has 6 heteroatoms. The first-order chi connectivity index (χ1) is 11.0. The Morgan fingerprint density at radius 2 is 2.00 bits per heavy atom. The van der Waals surface area contributed by atoms with Gasteiger partial charge in [-0.2, -0.15) is 0 Å². The maximum atomic E-state index is 11.9. The molecule has 1 amide bonds. The van der Waals surface area contributed by atoms with Crippen LogP contribution in [0.15, 0.2) is 18.2 Å². The van der Waals surface area contributed by atoms with Gasteiger partial charge in [0.1, 0.15) is 6.61 Å². The van der Waals surface area contributed by atoms with Crippen molar-refractivity contribution >= 4 is 11.6 Å². The quantitative estimate of drug-likeness (QED) is 0.688. The van der Waals surface area contributed by atoms with E-state index >= 15 is 0 Å². The molecule has 1 aromatic rings. The van der Waals surface area contributed by atoms with Gasteiger partial charge >= 0.3 is 0 Å². The van der Waals surface area contributed by atoms with Gasteiger partial charge in [0.05, 0.1) is 7.11 Å². The third-order valence-electron chi connectivity index (χ3n) is 3.79. The summed E-state index contributed by atoms with van der Waals surface area (Å²) < 4.78 is 11.1. The molecule has 1 aromatic carbocycles. The second-order valence-corrected chi connectivity index (χ2v) is 5.37. The van der Waals surface area contributed by atoms with Crippen molar-refractivity contribution in [3.63, 3.8) is 0 Å². The van der Waals surface area contributed by atoms with Crippen molar-refractivity contribution in [2.75, 3.05) is 45.2 Å². The van der Waals surface area contributed by atoms with Crippen LogP contribution in [0.1, 0.15) is 20.8 Å². The van der Waals surface area contributed by atoms with E-state index < -0.39 is 0 Å². The molecule has 0 heterocycles. The number of anilines is 1. The van der Waals surface area contributed by atoms with Gasteiger partial charge in [-0.3, -0.25) is 4.79 Å². The van der Waals surface area contributed by atoms with Gasteiger partial charge in [-0.05, 0) is 25.2 Å². The Hall–Kier alpha value is -1.79. The Morgan fingerprint density at radius 3 is 2.57 bits per heavy atom. The molecule has 1 rings (SSSR count). The Kier molecular flexibility index (Phi) is 8.43. The number of benzene rings is 1. The molecule has 1 unspecified atom stereocenters. The smallest absolute Gasteiger partial charge is 0.228 e. The van der Waals surface area contributed by atoms with Crippen LogP contribution >= 0.6 is 0 Å². The molecule has 0 radical (unpaired) electrons. The highest BCUT2D eigenvalue weighted by Gasteiger charge is 2.13.